The maximum absolute atomic E-state index is 12.9. The van der Waals surface area contributed by atoms with Gasteiger partial charge in [-0.25, -0.2) is 17.8 Å². The van der Waals surface area contributed by atoms with Crippen molar-refractivity contribution < 1.29 is 42.2 Å². The van der Waals surface area contributed by atoms with Crippen molar-refractivity contribution in [2.45, 2.75) is 17.4 Å². The molecule has 0 spiro atoms. The number of amides is 1. The van der Waals surface area contributed by atoms with Gasteiger partial charge < -0.3 is 24.9 Å². The fraction of sp³-hybridized carbons (Fsp3) is 0.120. The summed E-state index contributed by atoms with van der Waals surface area (Å²) in [7, 11) is -7.78. The summed E-state index contributed by atoms with van der Waals surface area (Å²) in [5.74, 6) is -1.38. The van der Waals surface area contributed by atoms with Crippen molar-refractivity contribution >= 4 is 58.6 Å². The van der Waals surface area contributed by atoms with Crippen LogP contribution >= 0.6 is 30.8 Å². The highest BCUT2D eigenvalue weighted by Gasteiger charge is 2.25. The zero-order valence-corrected chi connectivity index (χ0v) is 23.3. The van der Waals surface area contributed by atoms with E-state index in [1.54, 1.807) is 0 Å². The predicted octanol–water partition coefficient (Wildman–Crippen LogP) is 4.76. The highest BCUT2D eigenvalue weighted by Crippen LogP contribution is 2.45. The maximum atomic E-state index is 12.9. The number of nitrogens with one attached hydrogen (secondary N) is 1. The number of halogens is 2. The van der Waals surface area contributed by atoms with Crippen molar-refractivity contribution in [1.82, 2.24) is 5.32 Å². The molecule has 0 heterocycles. The summed E-state index contributed by atoms with van der Waals surface area (Å²) >= 11 is 12.5. The lowest BCUT2D eigenvalue weighted by Crippen LogP contribution is -2.42. The molecule has 0 radical (unpaired) electrons. The second-order valence-corrected chi connectivity index (χ2v) is 12.8. The van der Waals surface area contributed by atoms with Crippen LogP contribution in [0.1, 0.15) is 21.5 Å². The van der Waals surface area contributed by atoms with E-state index in [4.69, 9.17) is 27.7 Å². The van der Waals surface area contributed by atoms with Crippen molar-refractivity contribution in [3.8, 4) is 11.5 Å². The van der Waals surface area contributed by atoms with Gasteiger partial charge in [0.15, 0.2) is 9.84 Å². The van der Waals surface area contributed by atoms with Crippen molar-refractivity contribution in [3.05, 3.63) is 93.2 Å². The Morgan fingerprint density at radius 3 is 2.26 bits per heavy atom. The van der Waals surface area contributed by atoms with Gasteiger partial charge in [-0.05, 0) is 65.7 Å². The molecule has 10 nitrogen and oxygen atoms in total. The molecule has 0 saturated heterocycles. The number of sulfone groups is 1. The number of hydrogen-bond donors (Lipinski definition) is 4. The molecule has 0 aliphatic heterocycles. The third kappa shape index (κ3) is 8.58. The highest BCUT2D eigenvalue weighted by atomic mass is 35.5. The number of carbonyl (C=O) groups is 2. The number of benzene rings is 3. The minimum Gasteiger partial charge on any atom is -0.508 e. The Morgan fingerprint density at radius 2 is 1.69 bits per heavy atom. The summed E-state index contributed by atoms with van der Waals surface area (Å²) in [5, 5.41) is 20.9. The number of carbonyl (C=O) groups excluding carboxylic acids is 1. The normalized spacial score (nSPS) is 13.9. The Kier molecular flexibility index (Phi) is 9.47. The van der Waals surface area contributed by atoms with E-state index in [9.17, 15) is 37.7 Å². The van der Waals surface area contributed by atoms with Crippen molar-refractivity contribution in [2.24, 2.45) is 0 Å². The minimum atomic E-state index is -4.26. The monoisotopic (exact) mass is 613 g/mol. The Labute approximate surface area is 233 Å². The summed E-state index contributed by atoms with van der Waals surface area (Å²) in [6.07, 6.45) is 2.01. The second-order valence-electron chi connectivity index (χ2n) is 8.31. The summed E-state index contributed by atoms with van der Waals surface area (Å²) in [4.78, 5) is 34.8. The summed E-state index contributed by atoms with van der Waals surface area (Å²) < 4.78 is 41.0. The molecule has 4 N–H and O–H groups in total. The number of rotatable bonds is 10. The molecular formula is C25H22Cl2NO9PS. The number of carboxylic acids is 1. The van der Waals surface area contributed by atoms with Crippen LogP contribution < -0.4 is 9.84 Å². The minimum absolute atomic E-state index is 0.00564. The van der Waals surface area contributed by atoms with Gasteiger partial charge >= 0.3 is 13.6 Å². The zero-order valence-electron chi connectivity index (χ0n) is 20.1. The molecule has 39 heavy (non-hydrogen) atoms. The first-order chi connectivity index (χ1) is 18.1. The lowest BCUT2D eigenvalue weighted by atomic mass is 10.0. The number of aliphatic carboxylic acids is 1. The molecule has 3 rings (SSSR count). The molecule has 0 fully saturated rings. The molecular weight excluding hydrogens is 592 g/mol. The summed E-state index contributed by atoms with van der Waals surface area (Å²) in [6.45, 7) is 0. The molecule has 0 aromatic heterocycles. The lowest BCUT2D eigenvalue weighted by molar-refractivity contribution is -0.139. The van der Waals surface area contributed by atoms with Gasteiger partial charge in [0.05, 0.1) is 20.5 Å². The van der Waals surface area contributed by atoms with Crippen LogP contribution in [0.2, 0.25) is 10.0 Å². The number of carboxylic acid groups (broad SMARTS) is 1. The van der Waals surface area contributed by atoms with Gasteiger partial charge in [-0.2, -0.15) is 0 Å². The average molecular weight is 614 g/mol. The van der Waals surface area contributed by atoms with Gasteiger partial charge in [0.2, 0.25) is 0 Å². The number of phenolic OH excluding ortho intramolecular Hbond substituents is 1. The van der Waals surface area contributed by atoms with Crippen molar-refractivity contribution in [2.75, 3.05) is 6.26 Å². The molecule has 0 saturated carbocycles. The molecule has 1 amide bonds. The fourth-order valence-corrected chi connectivity index (χ4v) is 5.56. The fourth-order valence-electron chi connectivity index (χ4n) is 3.34. The van der Waals surface area contributed by atoms with E-state index in [2.05, 4.69) is 5.32 Å². The third-order valence-electron chi connectivity index (χ3n) is 5.19. The van der Waals surface area contributed by atoms with Gasteiger partial charge in [0.1, 0.15) is 17.5 Å². The van der Waals surface area contributed by atoms with Crippen LogP contribution in [0.25, 0.3) is 6.08 Å². The Hall–Kier alpha value is -3.34. The Balaban J connectivity index is 1.77. The van der Waals surface area contributed by atoms with Crippen LogP contribution in [0, 0.1) is 0 Å². The van der Waals surface area contributed by atoms with E-state index in [1.165, 1.54) is 66.7 Å². The summed E-state index contributed by atoms with van der Waals surface area (Å²) in [5.41, 5.74) is 0.392. The second kappa shape index (κ2) is 12.2. The van der Waals surface area contributed by atoms with Gasteiger partial charge in [0.25, 0.3) is 5.91 Å². The molecule has 1 unspecified atom stereocenters. The quantitative estimate of drug-likeness (QED) is 0.235. The van der Waals surface area contributed by atoms with Crippen molar-refractivity contribution in [3.63, 3.8) is 0 Å². The molecule has 0 aliphatic carbocycles. The van der Waals surface area contributed by atoms with Gasteiger partial charge in [-0.15, -0.1) is 0 Å². The first kappa shape index (κ1) is 30.2. The number of aromatic hydroxyl groups is 1. The van der Waals surface area contributed by atoms with E-state index in [0.29, 0.717) is 5.56 Å². The molecule has 206 valence electrons. The van der Waals surface area contributed by atoms with Gasteiger partial charge in [-0.1, -0.05) is 35.3 Å². The van der Waals surface area contributed by atoms with E-state index < -0.39 is 35.4 Å². The number of phenols is 1. The number of hydrogen-bond acceptors (Lipinski definition) is 7. The Morgan fingerprint density at radius 1 is 1.08 bits per heavy atom. The van der Waals surface area contributed by atoms with E-state index >= 15 is 0 Å². The van der Waals surface area contributed by atoms with E-state index in [1.807, 2.05) is 0 Å². The van der Waals surface area contributed by atoms with E-state index in [0.717, 1.165) is 12.1 Å². The van der Waals surface area contributed by atoms with Crippen LogP contribution in [0.3, 0.4) is 0 Å². The van der Waals surface area contributed by atoms with Gasteiger partial charge in [-0.3, -0.25) is 4.79 Å². The molecule has 0 bridgehead atoms. The molecule has 14 heteroatoms. The summed E-state index contributed by atoms with van der Waals surface area (Å²) in [6, 6.07) is 12.0. The topological polar surface area (TPSA) is 167 Å². The van der Waals surface area contributed by atoms with Crippen LogP contribution in [0.5, 0.6) is 11.5 Å². The smallest absolute Gasteiger partial charge is 0.401 e. The van der Waals surface area contributed by atoms with Crippen LogP contribution in [0.15, 0.2) is 71.4 Å². The van der Waals surface area contributed by atoms with E-state index in [-0.39, 0.29) is 44.0 Å². The molecule has 3 aromatic carbocycles. The third-order valence-corrected chi connectivity index (χ3v) is 7.89. The molecule has 0 aliphatic rings. The van der Waals surface area contributed by atoms with Gasteiger partial charge in [0, 0.05) is 18.5 Å². The Bertz CT molecular complexity index is 1570. The SMILES string of the molecule is CS(=O)(=O)c1cccc(C[C@H](NC(=O)c2c(Cl)cc(/C=C/P(=O)(O)Oc3ccc(O)cc3)cc2Cl)C(=O)O)c1. The van der Waals surface area contributed by atoms with Crippen LogP contribution in [0.4, 0.5) is 0 Å². The molecule has 2 atom stereocenters. The highest BCUT2D eigenvalue weighted by molar-refractivity contribution is 7.90. The average Bonchev–Trinajstić information content (AvgIpc) is 2.83. The lowest BCUT2D eigenvalue weighted by Gasteiger charge is -2.16. The largest absolute Gasteiger partial charge is 0.508 e. The maximum Gasteiger partial charge on any atom is 0.401 e. The first-order valence-electron chi connectivity index (χ1n) is 11.0. The first-order valence-corrected chi connectivity index (χ1v) is 15.3. The zero-order chi connectivity index (χ0) is 29.0. The van der Waals surface area contributed by atoms with Crippen molar-refractivity contribution in [1.29, 1.82) is 0 Å². The van der Waals surface area contributed by atoms with Crippen LogP contribution in [-0.2, 0) is 25.6 Å². The molecule has 3 aromatic rings. The van der Waals surface area contributed by atoms with Crippen LogP contribution in [-0.4, -0.2) is 47.7 Å². The standard InChI is InChI=1S/C25H22Cl2NO9PS/c1-39(35,36)19-4-2-3-15(11-19)14-22(25(31)32)28-24(30)23-20(26)12-16(13-21(23)27)9-10-38(33,34)37-18-7-5-17(29)6-8-18/h2-13,22,29H,14H2,1H3,(H,28,30)(H,31,32)(H,33,34)/b10-9+/t22-/m0/s1. The predicted molar refractivity (Wildman–Crippen MR) is 146 cm³/mol.